The Hall–Kier alpha value is -2.31. The molecule has 0 saturated heterocycles. The Kier molecular flexibility index (Phi) is 3.89. The minimum atomic E-state index is 0.637. The summed E-state index contributed by atoms with van der Waals surface area (Å²) in [4.78, 5) is 2.45. The SMILES string of the molecule is N#Cc1ccccc1CN(Cc1cccc(N)c1)C1CC1. The van der Waals surface area contributed by atoms with Crippen molar-refractivity contribution in [1.82, 2.24) is 4.90 Å². The van der Waals surface area contributed by atoms with Crippen LogP contribution in [0.2, 0.25) is 0 Å². The standard InChI is InChI=1S/C18H19N3/c19-11-15-5-1-2-6-16(15)13-21(18-8-9-18)12-14-4-3-7-17(20)10-14/h1-7,10,18H,8-9,12-13,20H2. The Morgan fingerprint density at radius 1 is 1.10 bits per heavy atom. The molecule has 0 unspecified atom stereocenters. The summed E-state index contributed by atoms with van der Waals surface area (Å²) in [6.07, 6.45) is 2.49. The fourth-order valence-electron chi connectivity index (χ4n) is 2.67. The fraction of sp³-hybridized carbons (Fsp3) is 0.278. The number of nitriles is 1. The van der Waals surface area contributed by atoms with Crippen LogP contribution < -0.4 is 5.73 Å². The second-order valence-corrected chi connectivity index (χ2v) is 5.65. The van der Waals surface area contributed by atoms with E-state index < -0.39 is 0 Å². The van der Waals surface area contributed by atoms with Gasteiger partial charge in [0.2, 0.25) is 0 Å². The molecule has 0 bridgehead atoms. The smallest absolute Gasteiger partial charge is 0.0995 e. The molecule has 21 heavy (non-hydrogen) atoms. The molecule has 2 aromatic carbocycles. The summed E-state index contributed by atoms with van der Waals surface area (Å²) in [6, 6.07) is 18.8. The van der Waals surface area contributed by atoms with Crippen LogP contribution in [0.5, 0.6) is 0 Å². The number of anilines is 1. The van der Waals surface area contributed by atoms with E-state index in [-0.39, 0.29) is 0 Å². The van der Waals surface area contributed by atoms with E-state index in [0.29, 0.717) is 6.04 Å². The molecule has 2 N–H and O–H groups in total. The Morgan fingerprint density at radius 3 is 2.62 bits per heavy atom. The van der Waals surface area contributed by atoms with Gasteiger partial charge < -0.3 is 5.73 Å². The third-order valence-electron chi connectivity index (χ3n) is 3.91. The molecular weight excluding hydrogens is 258 g/mol. The van der Waals surface area contributed by atoms with Gasteiger partial charge in [0.25, 0.3) is 0 Å². The van der Waals surface area contributed by atoms with Crippen LogP contribution in [0, 0.1) is 11.3 Å². The third-order valence-corrected chi connectivity index (χ3v) is 3.91. The number of hydrogen-bond acceptors (Lipinski definition) is 3. The third kappa shape index (κ3) is 3.42. The monoisotopic (exact) mass is 277 g/mol. The zero-order valence-corrected chi connectivity index (χ0v) is 12.0. The van der Waals surface area contributed by atoms with Crippen LogP contribution in [-0.2, 0) is 13.1 Å². The topological polar surface area (TPSA) is 53.0 Å². The van der Waals surface area contributed by atoms with Gasteiger partial charge in [-0.05, 0) is 42.2 Å². The lowest BCUT2D eigenvalue weighted by Crippen LogP contribution is -2.25. The summed E-state index contributed by atoms with van der Waals surface area (Å²) in [5, 5.41) is 9.23. The molecule has 0 aliphatic heterocycles. The van der Waals surface area contributed by atoms with E-state index in [1.165, 1.54) is 18.4 Å². The molecule has 0 heterocycles. The molecule has 3 heteroatoms. The van der Waals surface area contributed by atoms with Gasteiger partial charge in [-0.15, -0.1) is 0 Å². The van der Waals surface area contributed by atoms with Gasteiger partial charge in [0, 0.05) is 24.8 Å². The molecule has 3 rings (SSSR count). The van der Waals surface area contributed by atoms with Gasteiger partial charge >= 0.3 is 0 Å². The van der Waals surface area contributed by atoms with Crippen molar-refractivity contribution in [1.29, 1.82) is 5.26 Å². The van der Waals surface area contributed by atoms with Crippen molar-refractivity contribution in [2.75, 3.05) is 5.73 Å². The van der Waals surface area contributed by atoms with Gasteiger partial charge in [0.05, 0.1) is 11.6 Å². The highest BCUT2D eigenvalue weighted by atomic mass is 15.2. The summed E-state index contributed by atoms with van der Waals surface area (Å²) >= 11 is 0. The maximum Gasteiger partial charge on any atom is 0.0995 e. The van der Waals surface area contributed by atoms with Crippen LogP contribution in [0.3, 0.4) is 0 Å². The van der Waals surface area contributed by atoms with Crippen molar-refractivity contribution < 1.29 is 0 Å². The quantitative estimate of drug-likeness (QED) is 0.853. The summed E-state index contributed by atoms with van der Waals surface area (Å²) in [5.74, 6) is 0. The van der Waals surface area contributed by atoms with E-state index in [1.807, 2.05) is 42.5 Å². The van der Waals surface area contributed by atoms with E-state index in [0.717, 1.165) is 29.9 Å². The van der Waals surface area contributed by atoms with Gasteiger partial charge in [-0.25, -0.2) is 0 Å². The predicted molar refractivity (Wildman–Crippen MR) is 84.3 cm³/mol. The van der Waals surface area contributed by atoms with E-state index in [4.69, 9.17) is 5.73 Å². The molecule has 0 radical (unpaired) electrons. The van der Waals surface area contributed by atoms with Crippen LogP contribution in [0.4, 0.5) is 5.69 Å². The first-order valence-electron chi connectivity index (χ1n) is 7.33. The van der Waals surface area contributed by atoms with Crippen molar-refractivity contribution in [2.45, 2.75) is 32.0 Å². The van der Waals surface area contributed by atoms with E-state index in [9.17, 15) is 5.26 Å². The van der Waals surface area contributed by atoms with E-state index in [2.05, 4.69) is 17.0 Å². The zero-order chi connectivity index (χ0) is 14.7. The molecule has 0 spiro atoms. The van der Waals surface area contributed by atoms with Crippen LogP contribution >= 0.6 is 0 Å². The summed E-state index contributed by atoms with van der Waals surface area (Å²) in [6.45, 7) is 1.71. The molecule has 0 amide bonds. The van der Waals surface area contributed by atoms with Crippen molar-refractivity contribution in [2.24, 2.45) is 0 Å². The fourth-order valence-corrected chi connectivity index (χ4v) is 2.67. The van der Waals surface area contributed by atoms with Gasteiger partial charge in [-0.3, -0.25) is 4.90 Å². The number of nitrogens with two attached hydrogens (primary N) is 1. The molecule has 0 aromatic heterocycles. The van der Waals surface area contributed by atoms with Crippen molar-refractivity contribution in [3.63, 3.8) is 0 Å². The lowest BCUT2D eigenvalue weighted by Gasteiger charge is -2.23. The lowest BCUT2D eigenvalue weighted by molar-refractivity contribution is 0.245. The number of hydrogen-bond donors (Lipinski definition) is 1. The first kappa shape index (κ1) is 13.7. The Morgan fingerprint density at radius 2 is 1.90 bits per heavy atom. The molecule has 106 valence electrons. The number of nitrogen functional groups attached to an aromatic ring is 1. The molecule has 1 fully saturated rings. The highest BCUT2D eigenvalue weighted by molar-refractivity contribution is 5.41. The summed E-state index contributed by atoms with van der Waals surface area (Å²) in [7, 11) is 0. The zero-order valence-electron chi connectivity index (χ0n) is 12.0. The average Bonchev–Trinajstić information content (AvgIpc) is 3.32. The molecule has 1 aliphatic rings. The van der Waals surface area contributed by atoms with E-state index in [1.54, 1.807) is 0 Å². The highest BCUT2D eigenvalue weighted by Gasteiger charge is 2.29. The largest absolute Gasteiger partial charge is 0.399 e. The molecule has 0 atom stereocenters. The Labute approximate surface area is 125 Å². The molecular formula is C18H19N3. The van der Waals surface area contributed by atoms with Crippen molar-refractivity contribution >= 4 is 5.69 Å². The molecule has 3 nitrogen and oxygen atoms in total. The van der Waals surface area contributed by atoms with Gasteiger partial charge in [0.15, 0.2) is 0 Å². The average molecular weight is 277 g/mol. The van der Waals surface area contributed by atoms with Gasteiger partial charge in [0.1, 0.15) is 0 Å². The highest BCUT2D eigenvalue weighted by Crippen LogP contribution is 2.30. The minimum absolute atomic E-state index is 0.637. The molecule has 1 aliphatic carbocycles. The first-order valence-corrected chi connectivity index (χ1v) is 7.33. The Balaban J connectivity index is 1.78. The Bertz CT molecular complexity index is 668. The van der Waals surface area contributed by atoms with Crippen LogP contribution in [0.25, 0.3) is 0 Å². The van der Waals surface area contributed by atoms with Crippen LogP contribution in [0.1, 0.15) is 29.5 Å². The predicted octanol–water partition coefficient (Wildman–Crippen LogP) is 3.31. The van der Waals surface area contributed by atoms with Crippen molar-refractivity contribution in [3.05, 3.63) is 65.2 Å². The molecule has 2 aromatic rings. The number of nitrogens with zero attached hydrogens (tertiary/aromatic N) is 2. The summed E-state index contributed by atoms with van der Waals surface area (Å²) < 4.78 is 0. The maximum atomic E-state index is 9.23. The second kappa shape index (κ2) is 5.99. The number of benzene rings is 2. The maximum absolute atomic E-state index is 9.23. The first-order chi connectivity index (χ1) is 10.3. The van der Waals surface area contributed by atoms with Crippen LogP contribution in [-0.4, -0.2) is 10.9 Å². The second-order valence-electron chi connectivity index (χ2n) is 5.65. The van der Waals surface area contributed by atoms with Gasteiger partial charge in [-0.1, -0.05) is 30.3 Å². The van der Waals surface area contributed by atoms with Crippen LogP contribution in [0.15, 0.2) is 48.5 Å². The van der Waals surface area contributed by atoms with E-state index >= 15 is 0 Å². The lowest BCUT2D eigenvalue weighted by atomic mass is 10.1. The summed E-state index contributed by atoms with van der Waals surface area (Å²) in [5.41, 5.74) is 9.78. The van der Waals surface area contributed by atoms with Crippen molar-refractivity contribution in [3.8, 4) is 6.07 Å². The number of rotatable bonds is 5. The normalized spacial score (nSPS) is 14.1. The minimum Gasteiger partial charge on any atom is -0.399 e. The molecule has 1 saturated carbocycles. The van der Waals surface area contributed by atoms with Gasteiger partial charge in [-0.2, -0.15) is 5.26 Å².